The maximum atomic E-state index is 12.4. The zero-order chi connectivity index (χ0) is 18.9. The first kappa shape index (κ1) is 18.9. The Hall–Kier alpha value is -2.41. The van der Waals surface area contributed by atoms with Crippen molar-refractivity contribution in [3.8, 4) is 0 Å². The molecule has 0 aliphatic heterocycles. The summed E-state index contributed by atoms with van der Waals surface area (Å²) in [5.41, 5.74) is 3.40. The number of anilines is 1. The molecule has 2 aromatic rings. The van der Waals surface area contributed by atoms with Crippen molar-refractivity contribution in [2.45, 2.75) is 34.6 Å². The van der Waals surface area contributed by atoms with Crippen LogP contribution < -0.4 is 5.32 Å². The van der Waals surface area contributed by atoms with Gasteiger partial charge in [0.1, 0.15) is 5.00 Å². The molecule has 2 rings (SSSR count). The number of aryl methyl sites for hydroxylation is 2. The normalized spacial score (nSPS) is 10.6. The molecule has 2 heterocycles. The number of ether oxygens (including phenoxy) is 1. The molecule has 7 heteroatoms. The van der Waals surface area contributed by atoms with E-state index in [0.717, 1.165) is 21.8 Å². The Morgan fingerprint density at radius 2 is 1.84 bits per heavy atom. The molecular formula is C18H22N2O4S. The number of carbonyl (C=O) groups is 3. The molecule has 0 spiro atoms. The van der Waals surface area contributed by atoms with Crippen molar-refractivity contribution in [3.63, 3.8) is 0 Å². The summed E-state index contributed by atoms with van der Waals surface area (Å²) in [5.74, 6) is -1.12. The Labute approximate surface area is 150 Å². The number of carbonyl (C=O) groups excluding carboxylic acids is 3. The molecule has 0 fully saturated rings. The van der Waals surface area contributed by atoms with Crippen LogP contribution in [0.4, 0.5) is 5.00 Å². The smallest absolute Gasteiger partial charge is 0.341 e. The fourth-order valence-electron chi connectivity index (χ4n) is 2.54. The van der Waals surface area contributed by atoms with Gasteiger partial charge in [0.2, 0.25) is 11.7 Å². The molecular weight excluding hydrogens is 340 g/mol. The van der Waals surface area contributed by atoms with Crippen LogP contribution in [0.25, 0.3) is 0 Å². The van der Waals surface area contributed by atoms with Crippen molar-refractivity contribution in [1.29, 1.82) is 0 Å². The fourth-order valence-corrected chi connectivity index (χ4v) is 3.63. The van der Waals surface area contributed by atoms with E-state index in [-0.39, 0.29) is 18.3 Å². The van der Waals surface area contributed by atoms with Crippen LogP contribution >= 0.6 is 11.3 Å². The number of hydrogen-bond donors (Lipinski definition) is 1. The van der Waals surface area contributed by atoms with Gasteiger partial charge in [0.05, 0.1) is 5.56 Å². The van der Waals surface area contributed by atoms with Crippen LogP contribution in [-0.4, -0.2) is 28.8 Å². The third-order valence-electron chi connectivity index (χ3n) is 4.29. The van der Waals surface area contributed by atoms with Crippen molar-refractivity contribution < 1.29 is 19.1 Å². The predicted molar refractivity (Wildman–Crippen MR) is 97.6 cm³/mol. The minimum atomic E-state index is -0.607. The Bertz CT molecular complexity index is 861. The number of rotatable bonds is 5. The summed E-state index contributed by atoms with van der Waals surface area (Å²) >= 11 is 1.31. The van der Waals surface area contributed by atoms with Crippen molar-refractivity contribution in [2.24, 2.45) is 7.05 Å². The number of thiophene rings is 1. The van der Waals surface area contributed by atoms with E-state index in [0.29, 0.717) is 16.1 Å². The average molecular weight is 362 g/mol. The Balaban J connectivity index is 2.16. The molecule has 0 saturated carbocycles. The molecule has 0 atom stereocenters. The Morgan fingerprint density at radius 3 is 2.36 bits per heavy atom. The first-order valence-corrected chi connectivity index (χ1v) is 8.66. The lowest BCUT2D eigenvalue weighted by Gasteiger charge is -2.07. The number of nitrogens with one attached hydrogen (secondary N) is 1. The molecule has 0 bridgehead atoms. The lowest BCUT2D eigenvalue weighted by atomic mass is 10.1. The summed E-state index contributed by atoms with van der Waals surface area (Å²) in [6.07, 6.45) is 0. The van der Waals surface area contributed by atoms with Gasteiger partial charge in [-0.2, -0.15) is 0 Å². The molecule has 0 radical (unpaired) electrons. The maximum Gasteiger partial charge on any atom is 0.341 e. The minimum absolute atomic E-state index is 0.250. The predicted octanol–water partition coefficient (Wildman–Crippen LogP) is 3.32. The largest absolute Gasteiger partial charge is 0.454 e. The van der Waals surface area contributed by atoms with Crippen molar-refractivity contribution in [3.05, 3.63) is 39.0 Å². The highest BCUT2D eigenvalue weighted by Crippen LogP contribution is 2.33. The molecule has 2 aromatic heterocycles. The number of nitrogens with zero attached hydrogens (tertiary/aromatic N) is 1. The number of ketones is 1. The first-order chi connectivity index (χ1) is 11.6. The maximum absolute atomic E-state index is 12.4. The summed E-state index contributed by atoms with van der Waals surface area (Å²) in [4.78, 5) is 37.0. The van der Waals surface area contributed by atoms with Gasteiger partial charge in [-0.1, -0.05) is 0 Å². The summed E-state index contributed by atoms with van der Waals surface area (Å²) < 4.78 is 7.14. The van der Waals surface area contributed by atoms with Crippen LogP contribution in [0.15, 0.2) is 6.07 Å². The highest BCUT2D eigenvalue weighted by atomic mass is 32.1. The van der Waals surface area contributed by atoms with E-state index in [1.807, 2.05) is 32.4 Å². The van der Waals surface area contributed by atoms with E-state index in [2.05, 4.69) is 5.32 Å². The molecule has 1 N–H and O–H groups in total. The second-order valence-corrected chi connectivity index (χ2v) is 7.24. The third kappa shape index (κ3) is 3.82. The van der Waals surface area contributed by atoms with Crippen LogP contribution in [0.2, 0.25) is 0 Å². The van der Waals surface area contributed by atoms with Gasteiger partial charge in [-0.05, 0) is 39.3 Å². The molecule has 6 nitrogen and oxygen atoms in total. The van der Waals surface area contributed by atoms with Crippen LogP contribution in [0, 0.1) is 27.7 Å². The molecule has 0 aliphatic rings. The van der Waals surface area contributed by atoms with Crippen molar-refractivity contribution in [2.75, 3.05) is 11.9 Å². The molecule has 0 aliphatic carbocycles. The summed E-state index contributed by atoms with van der Waals surface area (Å²) in [5, 5.41) is 3.10. The van der Waals surface area contributed by atoms with Crippen LogP contribution in [0.1, 0.15) is 49.5 Å². The highest BCUT2D eigenvalue weighted by Gasteiger charge is 2.23. The SMILES string of the molecule is CC(=O)Nc1sc(C)c(C)c1C(=O)OCC(=O)c1cc(C)n(C)c1C. The molecule has 0 saturated heterocycles. The molecule has 1 amide bonds. The van der Waals surface area contributed by atoms with Gasteiger partial charge in [-0.3, -0.25) is 9.59 Å². The van der Waals surface area contributed by atoms with Gasteiger partial charge in [0.25, 0.3) is 0 Å². The van der Waals surface area contributed by atoms with E-state index >= 15 is 0 Å². The molecule has 134 valence electrons. The van der Waals surface area contributed by atoms with E-state index in [4.69, 9.17) is 4.74 Å². The number of aromatic nitrogens is 1. The standard InChI is InChI=1S/C18H22N2O4S/c1-9-7-14(11(3)20(9)6)15(22)8-24-18(23)16-10(2)12(4)25-17(16)19-13(5)21/h7H,8H2,1-6H3,(H,19,21). The molecule has 0 unspecified atom stereocenters. The quantitative estimate of drug-likeness (QED) is 0.654. The number of hydrogen-bond acceptors (Lipinski definition) is 5. The van der Waals surface area contributed by atoms with Gasteiger partial charge < -0.3 is 14.6 Å². The molecule has 0 aromatic carbocycles. The van der Waals surface area contributed by atoms with Crippen molar-refractivity contribution in [1.82, 2.24) is 4.57 Å². The fraction of sp³-hybridized carbons (Fsp3) is 0.389. The Kier molecular flexibility index (Phi) is 5.47. The van der Waals surface area contributed by atoms with Crippen LogP contribution in [-0.2, 0) is 16.6 Å². The highest BCUT2D eigenvalue weighted by molar-refractivity contribution is 7.16. The summed E-state index contributed by atoms with van der Waals surface area (Å²) in [7, 11) is 1.88. The Morgan fingerprint density at radius 1 is 1.20 bits per heavy atom. The van der Waals surface area contributed by atoms with Gasteiger partial charge in [-0.15, -0.1) is 11.3 Å². The molecule has 25 heavy (non-hydrogen) atoms. The average Bonchev–Trinajstić information content (AvgIpc) is 2.95. The number of Topliss-reactive ketones (excluding diaryl/α,β-unsaturated/α-hetero) is 1. The van der Waals surface area contributed by atoms with Gasteiger partial charge in [-0.25, -0.2) is 4.79 Å². The topological polar surface area (TPSA) is 77.4 Å². The van der Waals surface area contributed by atoms with E-state index < -0.39 is 5.97 Å². The lowest BCUT2D eigenvalue weighted by molar-refractivity contribution is -0.114. The lowest BCUT2D eigenvalue weighted by Crippen LogP contribution is -2.17. The third-order valence-corrected chi connectivity index (χ3v) is 5.41. The second kappa shape index (κ2) is 7.23. The number of amides is 1. The van der Waals surface area contributed by atoms with E-state index in [1.165, 1.54) is 18.3 Å². The summed E-state index contributed by atoms with van der Waals surface area (Å²) in [6, 6.07) is 1.79. The van der Waals surface area contributed by atoms with Crippen LogP contribution in [0.3, 0.4) is 0 Å². The van der Waals surface area contributed by atoms with Crippen molar-refractivity contribution >= 4 is 34.0 Å². The summed E-state index contributed by atoms with van der Waals surface area (Å²) in [6.45, 7) is 8.46. The monoisotopic (exact) mass is 362 g/mol. The minimum Gasteiger partial charge on any atom is -0.454 e. The van der Waals surface area contributed by atoms with Gasteiger partial charge >= 0.3 is 5.97 Å². The first-order valence-electron chi connectivity index (χ1n) is 7.84. The second-order valence-electron chi connectivity index (χ2n) is 6.01. The van der Waals surface area contributed by atoms with E-state index in [9.17, 15) is 14.4 Å². The van der Waals surface area contributed by atoms with Gasteiger partial charge in [0, 0.05) is 35.8 Å². The van der Waals surface area contributed by atoms with E-state index in [1.54, 1.807) is 13.0 Å². The zero-order valence-electron chi connectivity index (χ0n) is 15.3. The number of esters is 1. The van der Waals surface area contributed by atoms with Crippen LogP contribution in [0.5, 0.6) is 0 Å². The van der Waals surface area contributed by atoms with Gasteiger partial charge in [0.15, 0.2) is 6.61 Å². The zero-order valence-corrected chi connectivity index (χ0v) is 16.1.